The molecule has 0 saturated carbocycles. The highest BCUT2D eigenvalue weighted by molar-refractivity contribution is 5.75. The van der Waals surface area contributed by atoms with Gasteiger partial charge in [-0.3, -0.25) is 4.79 Å². The Balaban J connectivity index is 3.62. The molecule has 144 valence electrons. The molecule has 0 aliphatic rings. The van der Waals surface area contributed by atoms with Crippen molar-refractivity contribution < 1.29 is 9.28 Å². The third-order valence-corrected chi connectivity index (χ3v) is 5.08. The largest absolute Gasteiger partial charge is 0.340 e. The Hall–Kier alpha value is -0.570. The highest BCUT2D eigenvalue weighted by Crippen LogP contribution is 2.11. The Kier molecular flexibility index (Phi) is 14.4. The van der Waals surface area contributed by atoms with E-state index in [4.69, 9.17) is 0 Å². The smallest absolute Gasteiger partial charge is 0.222 e. The second-order valence-corrected chi connectivity index (χ2v) is 8.13. The maximum Gasteiger partial charge on any atom is 0.222 e. The Morgan fingerprint density at radius 3 is 1.79 bits per heavy atom. The molecule has 0 N–H and O–H groups in total. The molecule has 0 rings (SSSR count). The van der Waals surface area contributed by atoms with Gasteiger partial charge < -0.3 is 9.38 Å². The fraction of sp³-hybridized carbons (Fsp3) is 0.952. The van der Waals surface area contributed by atoms with Gasteiger partial charge in [0, 0.05) is 13.5 Å². The molecule has 0 aromatic rings. The number of hydrogen-bond donors (Lipinski definition) is 0. The summed E-state index contributed by atoms with van der Waals surface area (Å²) in [5.74, 6) is 0.327. The van der Waals surface area contributed by atoms with Crippen molar-refractivity contribution in [3.63, 3.8) is 0 Å². The van der Waals surface area contributed by atoms with E-state index in [-0.39, 0.29) is 0 Å². The number of carbonyl (C=O) groups is 1. The summed E-state index contributed by atoms with van der Waals surface area (Å²) < 4.78 is 1.02. The van der Waals surface area contributed by atoms with Crippen molar-refractivity contribution >= 4 is 5.91 Å². The van der Waals surface area contributed by atoms with Crippen LogP contribution in [0.4, 0.5) is 0 Å². The molecule has 0 unspecified atom stereocenters. The first-order valence-corrected chi connectivity index (χ1v) is 10.5. The quantitative estimate of drug-likeness (QED) is 0.278. The summed E-state index contributed by atoms with van der Waals surface area (Å²) in [5.41, 5.74) is 0. The minimum atomic E-state index is 0.327. The molecule has 0 aliphatic heterocycles. The lowest BCUT2D eigenvalue weighted by Gasteiger charge is -2.31. The van der Waals surface area contributed by atoms with Crippen LogP contribution in [0.25, 0.3) is 0 Å². The van der Waals surface area contributed by atoms with Crippen LogP contribution in [-0.2, 0) is 4.79 Å². The van der Waals surface area contributed by atoms with Gasteiger partial charge >= 0.3 is 0 Å². The van der Waals surface area contributed by atoms with Crippen LogP contribution in [0, 0.1) is 0 Å². The molecule has 24 heavy (non-hydrogen) atoms. The average molecular weight is 342 g/mol. The van der Waals surface area contributed by atoms with Gasteiger partial charge in [-0.2, -0.15) is 0 Å². The number of hydrogen-bond acceptors (Lipinski definition) is 1. The number of quaternary nitrogens is 1. The number of likely N-dealkylation sites (N-methyl/N-ethyl adjacent to an activating group) is 2. The first-order valence-electron chi connectivity index (χ1n) is 10.5. The van der Waals surface area contributed by atoms with E-state index in [0.29, 0.717) is 5.91 Å². The second-order valence-electron chi connectivity index (χ2n) is 8.13. The molecule has 0 saturated heterocycles. The average Bonchev–Trinajstić information content (AvgIpc) is 2.56. The molecule has 0 radical (unpaired) electrons. The predicted octanol–water partition coefficient (Wildman–Crippen LogP) is 5.24. The third kappa shape index (κ3) is 13.8. The minimum Gasteiger partial charge on any atom is -0.340 e. The summed E-state index contributed by atoms with van der Waals surface area (Å²) in [7, 11) is 6.51. The van der Waals surface area contributed by atoms with E-state index in [1.165, 1.54) is 70.8 Å². The van der Waals surface area contributed by atoms with E-state index in [1.54, 1.807) is 0 Å². The summed E-state index contributed by atoms with van der Waals surface area (Å²) >= 11 is 0. The lowest BCUT2D eigenvalue weighted by atomic mass is 10.1. The number of nitrogens with zero attached hydrogens (tertiary/aromatic N) is 2. The molecule has 0 aromatic heterocycles. The highest BCUT2D eigenvalue weighted by Gasteiger charge is 2.17. The standard InChI is InChI=1S/C21H45N2O/c1-6-8-10-11-12-13-14-15-16-17-21(24)22(3)18-20-23(4,5)19-9-7-2/h6-20H2,1-5H3/q+1. The van der Waals surface area contributed by atoms with Crippen LogP contribution in [0.5, 0.6) is 0 Å². The third-order valence-electron chi connectivity index (χ3n) is 5.08. The van der Waals surface area contributed by atoms with Crippen molar-refractivity contribution in [3.05, 3.63) is 0 Å². The van der Waals surface area contributed by atoms with E-state index < -0.39 is 0 Å². The molecule has 1 amide bonds. The summed E-state index contributed by atoms with van der Waals surface area (Å²) in [6.07, 6.45) is 15.0. The van der Waals surface area contributed by atoms with E-state index in [2.05, 4.69) is 27.9 Å². The van der Waals surface area contributed by atoms with Crippen molar-refractivity contribution in [3.8, 4) is 0 Å². The topological polar surface area (TPSA) is 20.3 Å². The first-order chi connectivity index (χ1) is 11.4. The summed E-state index contributed by atoms with van der Waals surface area (Å²) in [6.45, 7) is 7.64. The van der Waals surface area contributed by atoms with Crippen molar-refractivity contribution in [2.75, 3.05) is 40.8 Å². The van der Waals surface area contributed by atoms with Gasteiger partial charge in [-0.1, -0.05) is 71.6 Å². The van der Waals surface area contributed by atoms with Gasteiger partial charge in [-0.15, -0.1) is 0 Å². The lowest BCUT2D eigenvalue weighted by molar-refractivity contribution is -0.889. The minimum absolute atomic E-state index is 0.327. The molecule has 0 aromatic carbocycles. The molecular formula is C21H45N2O+. The van der Waals surface area contributed by atoms with Crippen LogP contribution in [0.2, 0.25) is 0 Å². The van der Waals surface area contributed by atoms with Crippen LogP contribution in [0.15, 0.2) is 0 Å². The Bertz CT molecular complexity index is 302. The molecule has 0 spiro atoms. The van der Waals surface area contributed by atoms with Crippen molar-refractivity contribution in [2.24, 2.45) is 0 Å². The van der Waals surface area contributed by atoms with E-state index in [0.717, 1.165) is 30.4 Å². The zero-order valence-corrected chi connectivity index (χ0v) is 17.4. The normalized spacial score (nSPS) is 11.7. The molecule has 0 aliphatic carbocycles. The van der Waals surface area contributed by atoms with E-state index in [9.17, 15) is 4.79 Å². The van der Waals surface area contributed by atoms with Crippen LogP contribution in [0.1, 0.15) is 90.9 Å². The first kappa shape index (κ1) is 23.4. The van der Waals surface area contributed by atoms with E-state index in [1.807, 2.05) is 11.9 Å². The SMILES string of the molecule is CCCCCCCCCCCC(=O)N(C)CC[N+](C)(C)CCCC. The maximum absolute atomic E-state index is 12.2. The van der Waals surface area contributed by atoms with Gasteiger partial charge in [0.1, 0.15) is 0 Å². The maximum atomic E-state index is 12.2. The van der Waals surface area contributed by atoms with Gasteiger partial charge in [0.05, 0.1) is 33.7 Å². The molecule has 0 heterocycles. The zero-order valence-electron chi connectivity index (χ0n) is 17.4. The number of unbranched alkanes of at least 4 members (excludes halogenated alkanes) is 9. The molecular weight excluding hydrogens is 296 g/mol. The summed E-state index contributed by atoms with van der Waals surface area (Å²) in [5, 5.41) is 0. The summed E-state index contributed by atoms with van der Waals surface area (Å²) in [6, 6.07) is 0. The monoisotopic (exact) mass is 341 g/mol. The Labute approximate surface area is 152 Å². The molecule has 0 fully saturated rings. The van der Waals surface area contributed by atoms with Crippen molar-refractivity contribution in [1.82, 2.24) is 4.90 Å². The van der Waals surface area contributed by atoms with Gasteiger partial charge in [-0.05, 0) is 12.8 Å². The van der Waals surface area contributed by atoms with Crippen molar-refractivity contribution in [2.45, 2.75) is 90.9 Å². The Morgan fingerprint density at radius 1 is 0.750 bits per heavy atom. The van der Waals surface area contributed by atoms with Gasteiger partial charge in [0.2, 0.25) is 5.91 Å². The fourth-order valence-electron chi connectivity index (χ4n) is 3.02. The second kappa shape index (κ2) is 14.7. The zero-order chi connectivity index (χ0) is 18.3. The predicted molar refractivity (Wildman–Crippen MR) is 106 cm³/mol. The van der Waals surface area contributed by atoms with Crippen molar-refractivity contribution in [1.29, 1.82) is 0 Å². The number of carbonyl (C=O) groups excluding carboxylic acids is 1. The van der Waals surface area contributed by atoms with E-state index >= 15 is 0 Å². The highest BCUT2D eigenvalue weighted by atomic mass is 16.2. The molecule has 3 heteroatoms. The molecule has 3 nitrogen and oxygen atoms in total. The Morgan fingerprint density at radius 2 is 1.25 bits per heavy atom. The van der Waals surface area contributed by atoms with Crippen LogP contribution in [-0.4, -0.2) is 56.1 Å². The van der Waals surface area contributed by atoms with Gasteiger partial charge in [-0.25, -0.2) is 0 Å². The van der Waals surface area contributed by atoms with Crippen LogP contribution < -0.4 is 0 Å². The lowest BCUT2D eigenvalue weighted by Crippen LogP contribution is -2.46. The molecule has 0 atom stereocenters. The van der Waals surface area contributed by atoms with Crippen LogP contribution >= 0.6 is 0 Å². The van der Waals surface area contributed by atoms with Crippen LogP contribution in [0.3, 0.4) is 0 Å². The molecule has 0 bridgehead atoms. The van der Waals surface area contributed by atoms with Gasteiger partial charge in [0.15, 0.2) is 0 Å². The fourth-order valence-corrected chi connectivity index (χ4v) is 3.02. The number of rotatable bonds is 16. The number of amides is 1. The van der Waals surface area contributed by atoms with Gasteiger partial charge in [0.25, 0.3) is 0 Å². The summed E-state index contributed by atoms with van der Waals surface area (Å²) in [4.78, 5) is 14.1.